The Morgan fingerprint density at radius 3 is 2.42 bits per heavy atom. The quantitative estimate of drug-likeness (QED) is 0.490. The van der Waals surface area contributed by atoms with Gasteiger partial charge in [-0.2, -0.15) is 0 Å². The van der Waals surface area contributed by atoms with E-state index in [1.807, 2.05) is 0 Å². The molecule has 2 aromatic carbocycles. The molecule has 0 aliphatic rings. The first-order chi connectivity index (χ1) is 9.09. The Hall–Kier alpha value is -2.40. The van der Waals surface area contributed by atoms with Crippen LogP contribution in [0.15, 0.2) is 54.6 Å². The van der Waals surface area contributed by atoms with Crippen LogP contribution in [-0.4, -0.2) is 10.8 Å². The molecule has 0 heterocycles. The molecule has 0 bridgehead atoms. The SMILES string of the molecule is O=C(c1ccccc1)N(Cl)c1cccc([N+](=O)[O-])c1. The number of halogens is 1. The van der Waals surface area contributed by atoms with Gasteiger partial charge in [0.2, 0.25) is 0 Å². The Morgan fingerprint density at radius 1 is 1.11 bits per heavy atom. The Kier molecular flexibility index (Phi) is 3.77. The highest BCUT2D eigenvalue weighted by Crippen LogP contribution is 2.24. The van der Waals surface area contributed by atoms with Crippen molar-refractivity contribution in [3.63, 3.8) is 0 Å². The molecule has 2 rings (SSSR count). The lowest BCUT2D eigenvalue weighted by molar-refractivity contribution is -0.384. The summed E-state index contributed by atoms with van der Waals surface area (Å²) >= 11 is 5.93. The summed E-state index contributed by atoms with van der Waals surface area (Å²) in [6.45, 7) is 0. The molecule has 0 N–H and O–H groups in total. The van der Waals surface area contributed by atoms with Crippen LogP contribution in [0.4, 0.5) is 11.4 Å². The summed E-state index contributed by atoms with van der Waals surface area (Å²) in [5, 5.41) is 10.7. The summed E-state index contributed by atoms with van der Waals surface area (Å²) in [5.74, 6) is -0.442. The number of nitro groups is 1. The molecule has 0 atom stereocenters. The number of carbonyl (C=O) groups is 1. The molecular weight excluding hydrogens is 268 g/mol. The fraction of sp³-hybridized carbons (Fsp3) is 0. The number of nitrogens with zero attached hydrogens (tertiary/aromatic N) is 2. The number of rotatable bonds is 3. The van der Waals surface area contributed by atoms with Crippen molar-refractivity contribution in [3.05, 3.63) is 70.3 Å². The highest BCUT2D eigenvalue weighted by molar-refractivity contribution is 6.39. The number of amides is 1. The molecule has 5 nitrogen and oxygen atoms in total. The van der Waals surface area contributed by atoms with Crippen LogP contribution in [0.5, 0.6) is 0 Å². The highest BCUT2D eigenvalue weighted by Gasteiger charge is 2.17. The maximum atomic E-state index is 12.1. The Labute approximate surface area is 114 Å². The third-order valence-corrected chi connectivity index (χ3v) is 2.81. The molecule has 6 heteroatoms. The molecule has 0 saturated carbocycles. The molecule has 0 aliphatic carbocycles. The van der Waals surface area contributed by atoms with Crippen LogP contribution in [0, 0.1) is 10.1 Å². The van der Waals surface area contributed by atoms with Gasteiger partial charge in [-0.05, 0) is 18.2 Å². The van der Waals surface area contributed by atoms with Crippen molar-refractivity contribution < 1.29 is 9.72 Å². The zero-order valence-corrected chi connectivity index (χ0v) is 10.4. The van der Waals surface area contributed by atoms with Crippen molar-refractivity contribution in [3.8, 4) is 0 Å². The minimum absolute atomic E-state index is 0.121. The molecular formula is C13H9ClN2O3. The summed E-state index contributed by atoms with van der Waals surface area (Å²) < 4.78 is 0.863. The van der Waals surface area contributed by atoms with Gasteiger partial charge < -0.3 is 0 Å². The van der Waals surface area contributed by atoms with E-state index in [4.69, 9.17) is 11.8 Å². The third kappa shape index (κ3) is 2.89. The summed E-state index contributed by atoms with van der Waals surface area (Å²) in [5.41, 5.74) is 0.540. The van der Waals surface area contributed by atoms with E-state index in [1.54, 1.807) is 30.3 Å². The molecule has 0 fully saturated rings. The second kappa shape index (κ2) is 5.49. The van der Waals surface area contributed by atoms with E-state index in [-0.39, 0.29) is 11.4 Å². The smallest absolute Gasteiger partial charge is 0.267 e. The van der Waals surface area contributed by atoms with Gasteiger partial charge in [-0.1, -0.05) is 24.3 Å². The number of carbonyl (C=O) groups excluding carboxylic acids is 1. The second-order valence-electron chi connectivity index (χ2n) is 3.73. The van der Waals surface area contributed by atoms with Crippen molar-refractivity contribution in [1.29, 1.82) is 0 Å². The van der Waals surface area contributed by atoms with Crippen molar-refractivity contribution >= 4 is 29.1 Å². The third-order valence-electron chi connectivity index (χ3n) is 2.47. The van der Waals surface area contributed by atoms with Crippen LogP contribution < -0.4 is 4.42 Å². The number of non-ortho nitro benzene ring substituents is 1. The normalized spacial score (nSPS) is 9.95. The molecule has 2 aromatic rings. The van der Waals surface area contributed by atoms with Gasteiger partial charge in [-0.3, -0.25) is 14.9 Å². The van der Waals surface area contributed by atoms with Crippen LogP contribution in [0.25, 0.3) is 0 Å². The number of hydrogen-bond donors (Lipinski definition) is 0. The van der Waals surface area contributed by atoms with E-state index in [9.17, 15) is 14.9 Å². The molecule has 0 aliphatic heterocycles. The van der Waals surface area contributed by atoms with E-state index >= 15 is 0 Å². The standard InChI is InChI=1S/C13H9ClN2O3/c14-15(13(17)10-5-2-1-3-6-10)11-7-4-8-12(9-11)16(18)19/h1-9H. The predicted molar refractivity (Wildman–Crippen MR) is 72.2 cm³/mol. The maximum absolute atomic E-state index is 12.1. The minimum Gasteiger partial charge on any atom is -0.267 e. The van der Waals surface area contributed by atoms with E-state index < -0.39 is 10.8 Å². The van der Waals surface area contributed by atoms with Crippen LogP contribution in [0.3, 0.4) is 0 Å². The van der Waals surface area contributed by atoms with Crippen LogP contribution in [0.1, 0.15) is 10.4 Å². The van der Waals surface area contributed by atoms with Gasteiger partial charge in [0.15, 0.2) is 0 Å². The first-order valence-corrected chi connectivity index (χ1v) is 5.73. The number of anilines is 1. The molecule has 0 saturated heterocycles. The summed E-state index contributed by atoms with van der Waals surface area (Å²) in [6, 6.07) is 14.0. The Balaban J connectivity index is 2.29. The molecule has 0 radical (unpaired) electrons. The second-order valence-corrected chi connectivity index (χ2v) is 4.07. The lowest BCUT2D eigenvalue weighted by Crippen LogP contribution is -2.20. The highest BCUT2D eigenvalue weighted by atomic mass is 35.5. The Bertz CT molecular complexity index is 616. The van der Waals surface area contributed by atoms with Crippen molar-refractivity contribution in [1.82, 2.24) is 0 Å². The van der Waals surface area contributed by atoms with Crippen LogP contribution in [0.2, 0.25) is 0 Å². The summed E-state index contributed by atoms with van der Waals surface area (Å²) in [4.78, 5) is 22.2. The van der Waals surface area contributed by atoms with E-state index in [0.717, 1.165) is 4.42 Å². The van der Waals surface area contributed by atoms with Crippen LogP contribution in [-0.2, 0) is 0 Å². The van der Waals surface area contributed by atoms with Crippen molar-refractivity contribution in [2.24, 2.45) is 0 Å². The molecule has 1 amide bonds. The van der Waals surface area contributed by atoms with Gasteiger partial charge in [0.1, 0.15) is 0 Å². The fourth-order valence-electron chi connectivity index (χ4n) is 1.54. The molecule has 0 aromatic heterocycles. The maximum Gasteiger partial charge on any atom is 0.272 e. The zero-order valence-electron chi connectivity index (χ0n) is 9.69. The molecule has 0 unspecified atom stereocenters. The fourth-order valence-corrected chi connectivity index (χ4v) is 1.74. The van der Waals surface area contributed by atoms with Gasteiger partial charge in [-0.15, -0.1) is 0 Å². The number of hydrogen-bond acceptors (Lipinski definition) is 3. The molecule has 19 heavy (non-hydrogen) atoms. The predicted octanol–water partition coefficient (Wildman–Crippen LogP) is 3.40. The first kappa shape index (κ1) is 13.0. The zero-order chi connectivity index (χ0) is 13.8. The average molecular weight is 277 g/mol. The first-order valence-electron chi connectivity index (χ1n) is 5.39. The van der Waals surface area contributed by atoms with Crippen molar-refractivity contribution in [2.75, 3.05) is 4.42 Å². The molecule has 0 spiro atoms. The monoisotopic (exact) mass is 276 g/mol. The van der Waals surface area contributed by atoms with E-state index in [0.29, 0.717) is 5.56 Å². The average Bonchev–Trinajstić information content (AvgIpc) is 2.46. The van der Waals surface area contributed by atoms with Gasteiger partial charge in [0, 0.05) is 29.5 Å². The van der Waals surface area contributed by atoms with Gasteiger partial charge in [0.25, 0.3) is 11.6 Å². The number of benzene rings is 2. The summed E-state index contributed by atoms with van der Waals surface area (Å²) in [7, 11) is 0. The van der Waals surface area contributed by atoms with E-state index in [2.05, 4.69) is 0 Å². The van der Waals surface area contributed by atoms with Crippen LogP contribution >= 0.6 is 11.8 Å². The minimum atomic E-state index is -0.540. The lowest BCUT2D eigenvalue weighted by atomic mass is 10.2. The van der Waals surface area contributed by atoms with Gasteiger partial charge >= 0.3 is 0 Å². The molecule has 96 valence electrons. The largest absolute Gasteiger partial charge is 0.272 e. The topological polar surface area (TPSA) is 63.5 Å². The van der Waals surface area contributed by atoms with Gasteiger partial charge in [-0.25, -0.2) is 4.42 Å². The van der Waals surface area contributed by atoms with Crippen molar-refractivity contribution in [2.45, 2.75) is 0 Å². The van der Waals surface area contributed by atoms with E-state index in [1.165, 1.54) is 24.3 Å². The number of nitro benzene ring substituents is 1. The van der Waals surface area contributed by atoms with Gasteiger partial charge in [0.05, 0.1) is 10.6 Å². The summed E-state index contributed by atoms with van der Waals surface area (Å²) in [6.07, 6.45) is 0. The lowest BCUT2D eigenvalue weighted by Gasteiger charge is -2.13. The Morgan fingerprint density at radius 2 is 1.79 bits per heavy atom.